The lowest BCUT2D eigenvalue weighted by Crippen LogP contribution is -2.42. The Hall–Kier alpha value is -1.62. The number of hydrogen-bond donors (Lipinski definition) is 1. The molecular weight excluding hydrogens is 237 g/mol. The molecule has 0 saturated heterocycles. The van der Waals surface area contributed by atoms with Gasteiger partial charge in [-0.15, -0.1) is 0 Å². The fourth-order valence-electron chi connectivity index (χ4n) is 1.44. The molecule has 0 aliphatic heterocycles. The molecule has 0 saturated carbocycles. The summed E-state index contributed by atoms with van der Waals surface area (Å²) in [6.45, 7) is 4.68. The van der Waals surface area contributed by atoms with Gasteiger partial charge in [0.05, 0.1) is 6.61 Å². The van der Waals surface area contributed by atoms with E-state index in [-0.39, 0.29) is 18.4 Å². The number of esters is 1. The number of rotatable bonds is 7. The predicted molar refractivity (Wildman–Crippen MR) is 66.0 cm³/mol. The first-order valence-corrected chi connectivity index (χ1v) is 5.95. The zero-order chi connectivity index (χ0) is 13.4. The van der Waals surface area contributed by atoms with Crippen molar-refractivity contribution in [3.8, 4) is 5.75 Å². The van der Waals surface area contributed by atoms with Crippen LogP contribution in [0.3, 0.4) is 0 Å². The van der Waals surface area contributed by atoms with Crippen LogP contribution in [0.4, 0.5) is 4.39 Å². The second-order valence-electron chi connectivity index (χ2n) is 3.63. The minimum atomic E-state index is -0.543. The summed E-state index contributed by atoms with van der Waals surface area (Å²) in [4.78, 5) is 11.6. The van der Waals surface area contributed by atoms with Crippen molar-refractivity contribution in [2.45, 2.75) is 19.9 Å². The zero-order valence-electron chi connectivity index (χ0n) is 10.6. The molecule has 0 heterocycles. The molecule has 0 aromatic heterocycles. The molecule has 1 rings (SSSR count). The fourth-order valence-corrected chi connectivity index (χ4v) is 1.44. The van der Waals surface area contributed by atoms with E-state index in [1.807, 2.05) is 6.92 Å². The first kappa shape index (κ1) is 14.4. The summed E-state index contributed by atoms with van der Waals surface area (Å²) in [5, 5.41) is 2.96. The normalized spacial score (nSPS) is 11.9. The van der Waals surface area contributed by atoms with E-state index in [0.717, 1.165) is 0 Å². The topological polar surface area (TPSA) is 47.6 Å². The van der Waals surface area contributed by atoms with Gasteiger partial charge in [-0.3, -0.25) is 4.79 Å². The molecule has 0 spiro atoms. The summed E-state index contributed by atoms with van der Waals surface area (Å²) in [5.41, 5.74) is 0. The lowest BCUT2D eigenvalue weighted by molar-refractivity contribution is -0.146. The average Bonchev–Trinajstić information content (AvgIpc) is 2.35. The summed E-state index contributed by atoms with van der Waals surface area (Å²) >= 11 is 0. The van der Waals surface area contributed by atoms with Crippen LogP contribution in [0.25, 0.3) is 0 Å². The van der Waals surface area contributed by atoms with Crippen LogP contribution < -0.4 is 10.1 Å². The van der Waals surface area contributed by atoms with Crippen LogP contribution in [0.5, 0.6) is 5.75 Å². The average molecular weight is 255 g/mol. The van der Waals surface area contributed by atoms with E-state index < -0.39 is 6.04 Å². The number of carbonyl (C=O) groups is 1. The summed E-state index contributed by atoms with van der Waals surface area (Å²) < 4.78 is 23.2. The third-order valence-corrected chi connectivity index (χ3v) is 2.23. The highest BCUT2D eigenvalue weighted by Gasteiger charge is 2.19. The Labute approximate surface area is 106 Å². The van der Waals surface area contributed by atoms with Crippen LogP contribution in [-0.2, 0) is 9.53 Å². The van der Waals surface area contributed by atoms with Crippen LogP contribution >= 0.6 is 0 Å². The maximum Gasteiger partial charge on any atom is 0.326 e. The van der Waals surface area contributed by atoms with Gasteiger partial charge in [0.25, 0.3) is 0 Å². The van der Waals surface area contributed by atoms with Gasteiger partial charge < -0.3 is 14.8 Å². The largest absolute Gasteiger partial charge is 0.491 e. The van der Waals surface area contributed by atoms with Gasteiger partial charge in [0.2, 0.25) is 0 Å². The molecule has 18 heavy (non-hydrogen) atoms. The lowest BCUT2D eigenvalue weighted by atomic mass is 10.3. The van der Waals surface area contributed by atoms with E-state index in [1.54, 1.807) is 19.1 Å². The molecule has 5 heteroatoms. The first-order valence-electron chi connectivity index (χ1n) is 5.95. The molecule has 0 aliphatic rings. The molecule has 1 unspecified atom stereocenters. The van der Waals surface area contributed by atoms with E-state index in [4.69, 9.17) is 9.47 Å². The zero-order valence-corrected chi connectivity index (χ0v) is 10.6. The number of likely N-dealkylation sites (N-methyl/N-ethyl adjacent to an activating group) is 1. The van der Waals surface area contributed by atoms with Gasteiger partial charge in [-0.1, -0.05) is 13.0 Å². The fraction of sp³-hybridized carbons (Fsp3) is 0.462. The molecule has 4 nitrogen and oxygen atoms in total. The van der Waals surface area contributed by atoms with Crippen molar-refractivity contribution in [2.24, 2.45) is 0 Å². The maximum atomic E-state index is 12.9. The van der Waals surface area contributed by atoms with Gasteiger partial charge >= 0.3 is 5.97 Å². The SMILES string of the molecule is CCNC(COc1cccc(F)c1)C(=O)OCC. The van der Waals surface area contributed by atoms with Gasteiger partial charge in [-0.25, -0.2) is 4.39 Å². The molecule has 0 aliphatic carbocycles. The van der Waals surface area contributed by atoms with Crippen molar-refractivity contribution in [1.29, 1.82) is 0 Å². The highest BCUT2D eigenvalue weighted by atomic mass is 19.1. The number of nitrogens with one attached hydrogen (secondary N) is 1. The molecule has 0 bridgehead atoms. The summed E-state index contributed by atoms with van der Waals surface area (Å²) in [6, 6.07) is 5.25. The van der Waals surface area contributed by atoms with Gasteiger partial charge in [0.1, 0.15) is 24.2 Å². The summed E-state index contributed by atoms with van der Waals surface area (Å²) in [6.07, 6.45) is 0. The van der Waals surface area contributed by atoms with E-state index in [1.165, 1.54) is 12.1 Å². The van der Waals surface area contributed by atoms with Gasteiger partial charge in [0, 0.05) is 6.07 Å². The summed E-state index contributed by atoms with van der Waals surface area (Å²) in [5.74, 6) is -0.346. The Bertz CT molecular complexity index is 384. The minimum Gasteiger partial charge on any atom is -0.491 e. The van der Waals surface area contributed by atoms with Crippen molar-refractivity contribution in [1.82, 2.24) is 5.32 Å². The number of benzene rings is 1. The summed E-state index contributed by atoms with van der Waals surface area (Å²) in [7, 11) is 0. The standard InChI is InChI=1S/C13H18FNO3/c1-3-15-12(13(16)17-4-2)9-18-11-7-5-6-10(14)8-11/h5-8,12,15H,3-4,9H2,1-2H3. The van der Waals surface area contributed by atoms with Crippen molar-refractivity contribution in [3.05, 3.63) is 30.1 Å². The Kier molecular flexibility index (Phi) is 6.14. The molecule has 1 aromatic rings. The number of carbonyl (C=O) groups excluding carboxylic acids is 1. The first-order chi connectivity index (χ1) is 8.67. The van der Waals surface area contributed by atoms with Gasteiger partial charge in [-0.2, -0.15) is 0 Å². The smallest absolute Gasteiger partial charge is 0.326 e. The monoisotopic (exact) mass is 255 g/mol. The van der Waals surface area contributed by atoms with Crippen LogP contribution in [0, 0.1) is 5.82 Å². The van der Waals surface area contributed by atoms with Crippen molar-refractivity contribution in [2.75, 3.05) is 19.8 Å². The second kappa shape index (κ2) is 7.66. The van der Waals surface area contributed by atoms with Gasteiger partial charge in [0.15, 0.2) is 0 Å². The van der Waals surface area contributed by atoms with E-state index in [9.17, 15) is 9.18 Å². The lowest BCUT2D eigenvalue weighted by Gasteiger charge is -2.16. The van der Waals surface area contributed by atoms with E-state index >= 15 is 0 Å². The molecule has 100 valence electrons. The maximum absolute atomic E-state index is 12.9. The highest BCUT2D eigenvalue weighted by Crippen LogP contribution is 2.12. The van der Waals surface area contributed by atoms with Crippen molar-refractivity contribution < 1.29 is 18.7 Å². The van der Waals surface area contributed by atoms with Gasteiger partial charge in [-0.05, 0) is 25.6 Å². The Balaban J connectivity index is 2.53. The van der Waals surface area contributed by atoms with Crippen LogP contribution in [-0.4, -0.2) is 31.8 Å². The van der Waals surface area contributed by atoms with Crippen molar-refractivity contribution >= 4 is 5.97 Å². The van der Waals surface area contributed by atoms with E-state index in [2.05, 4.69) is 5.32 Å². The molecule has 1 N–H and O–H groups in total. The molecule has 0 fully saturated rings. The third-order valence-electron chi connectivity index (χ3n) is 2.23. The van der Waals surface area contributed by atoms with Crippen LogP contribution in [0.2, 0.25) is 0 Å². The number of hydrogen-bond acceptors (Lipinski definition) is 4. The number of halogens is 1. The minimum absolute atomic E-state index is 0.107. The van der Waals surface area contributed by atoms with E-state index in [0.29, 0.717) is 18.9 Å². The third kappa shape index (κ3) is 4.71. The molecule has 1 aromatic carbocycles. The Morgan fingerprint density at radius 3 is 2.83 bits per heavy atom. The molecular formula is C13H18FNO3. The Morgan fingerprint density at radius 2 is 2.22 bits per heavy atom. The molecule has 0 amide bonds. The quantitative estimate of drug-likeness (QED) is 0.754. The predicted octanol–water partition coefficient (Wildman–Crippen LogP) is 1.75. The Morgan fingerprint density at radius 1 is 1.44 bits per heavy atom. The van der Waals surface area contributed by atoms with Crippen molar-refractivity contribution in [3.63, 3.8) is 0 Å². The number of ether oxygens (including phenoxy) is 2. The van der Waals surface area contributed by atoms with Crippen LogP contribution in [0.1, 0.15) is 13.8 Å². The second-order valence-corrected chi connectivity index (χ2v) is 3.63. The van der Waals surface area contributed by atoms with Crippen LogP contribution in [0.15, 0.2) is 24.3 Å². The molecule has 0 radical (unpaired) electrons. The highest BCUT2D eigenvalue weighted by molar-refractivity contribution is 5.76. The molecule has 1 atom stereocenters.